The Bertz CT molecular complexity index is 863. The molecule has 1 unspecified atom stereocenters. The number of nitrogens with zero attached hydrogens (tertiary/aromatic N) is 4. The van der Waals surface area contributed by atoms with E-state index in [9.17, 15) is 4.79 Å². The van der Waals surface area contributed by atoms with Gasteiger partial charge < -0.3 is 9.47 Å². The van der Waals surface area contributed by atoms with Crippen molar-refractivity contribution in [3.05, 3.63) is 36.2 Å². The molecule has 2 aromatic rings. The number of likely N-dealkylation sites (tertiary alicyclic amines) is 1. The van der Waals surface area contributed by atoms with Crippen LogP contribution in [-0.2, 0) is 20.8 Å². The molecule has 0 spiro atoms. The lowest BCUT2D eigenvalue weighted by Gasteiger charge is -2.33. The molecule has 0 N–H and O–H groups in total. The summed E-state index contributed by atoms with van der Waals surface area (Å²) in [7, 11) is 3.15. The number of fused-ring (bicyclic) bond motifs is 2. The molecule has 1 atom stereocenters. The van der Waals surface area contributed by atoms with Gasteiger partial charge in [-0.05, 0) is 37.1 Å². The second-order valence-electron chi connectivity index (χ2n) is 7.03. The molecule has 1 fully saturated rings. The molecule has 2 aliphatic heterocycles. The maximum absolute atomic E-state index is 11.9. The molecule has 28 heavy (non-hydrogen) atoms. The molecule has 2 aliphatic rings. The van der Waals surface area contributed by atoms with Crippen LogP contribution in [0, 0.1) is 5.92 Å². The molecule has 1 aromatic heterocycles. The van der Waals surface area contributed by atoms with Crippen molar-refractivity contribution >= 4 is 29.2 Å². The number of methoxy groups -OCH3 is 2. The van der Waals surface area contributed by atoms with Gasteiger partial charge in [-0.2, -0.15) is 0 Å². The summed E-state index contributed by atoms with van der Waals surface area (Å²) in [5.41, 5.74) is 2.29. The smallest absolute Gasteiger partial charge is 0.309 e. The number of aromatic nitrogens is 2. The Hall–Kier alpha value is -2.16. The van der Waals surface area contributed by atoms with E-state index in [4.69, 9.17) is 9.47 Å². The number of benzene rings is 1. The van der Waals surface area contributed by atoms with Gasteiger partial charge in [0.25, 0.3) is 0 Å². The Balaban J connectivity index is 1.55. The first kappa shape index (κ1) is 19.2. The Morgan fingerprint density at radius 2 is 2.14 bits per heavy atom. The summed E-state index contributed by atoms with van der Waals surface area (Å²) in [4.78, 5) is 26.4. The lowest BCUT2D eigenvalue weighted by molar-refractivity contribution is -0.147. The highest BCUT2D eigenvalue weighted by Crippen LogP contribution is 2.46. The molecule has 4 rings (SSSR count). The zero-order valence-corrected chi connectivity index (χ0v) is 16.9. The van der Waals surface area contributed by atoms with E-state index < -0.39 is 0 Å². The van der Waals surface area contributed by atoms with Crippen LogP contribution in [0.25, 0.3) is 0 Å². The van der Waals surface area contributed by atoms with Crippen molar-refractivity contribution in [2.24, 2.45) is 5.92 Å². The van der Waals surface area contributed by atoms with Crippen LogP contribution in [0.3, 0.4) is 0 Å². The SMILES string of the molecule is COCN1c2cc(CN3CCCC(C(=O)OC)C3)ccc2Sc2nccnc21. The van der Waals surface area contributed by atoms with E-state index in [0.29, 0.717) is 6.73 Å². The first-order valence-electron chi connectivity index (χ1n) is 9.38. The number of carbonyl (C=O) groups is 1. The first-order chi connectivity index (χ1) is 13.7. The van der Waals surface area contributed by atoms with E-state index in [1.165, 1.54) is 12.7 Å². The summed E-state index contributed by atoms with van der Waals surface area (Å²) in [5.74, 6) is 0.690. The van der Waals surface area contributed by atoms with Gasteiger partial charge in [0, 0.05) is 37.5 Å². The summed E-state index contributed by atoms with van der Waals surface area (Å²) in [6.45, 7) is 2.96. The number of rotatable bonds is 5. The molecule has 1 aromatic carbocycles. The highest BCUT2D eigenvalue weighted by atomic mass is 32.2. The van der Waals surface area contributed by atoms with Gasteiger partial charge in [0.15, 0.2) is 5.82 Å². The molecule has 148 valence electrons. The number of esters is 1. The van der Waals surface area contributed by atoms with E-state index in [1.54, 1.807) is 31.3 Å². The molecule has 8 heteroatoms. The number of hydrogen-bond acceptors (Lipinski definition) is 8. The summed E-state index contributed by atoms with van der Waals surface area (Å²) in [6, 6.07) is 6.48. The predicted molar refractivity (Wildman–Crippen MR) is 107 cm³/mol. The van der Waals surface area contributed by atoms with Crippen LogP contribution in [0.5, 0.6) is 0 Å². The minimum atomic E-state index is -0.104. The second-order valence-corrected chi connectivity index (χ2v) is 8.06. The third kappa shape index (κ3) is 3.85. The zero-order chi connectivity index (χ0) is 19.5. The molecule has 0 aliphatic carbocycles. The number of piperidine rings is 1. The molecule has 3 heterocycles. The van der Waals surface area contributed by atoms with Crippen LogP contribution in [0.2, 0.25) is 0 Å². The van der Waals surface area contributed by atoms with E-state index in [-0.39, 0.29) is 11.9 Å². The third-order valence-corrected chi connectivity index (χ3v) is 6.17. The number of carbonyl (C=O) groups excluding carboxylic acids is 1. The first-order valence-corrected chi connectivity index (χ1v) is 10.2. The van der Waals surface area contributed by atoms with E-state index in [1.807, 2.05) is 0 Å². The Morgan fingerprint density at radius 3 is 2.96 bits per heavy atom. The number of ether oxygens (including phenoxy) is 2. The fourth-order valence-corrected chi connectivity index (χ4v) is 4.81. The van der Waals surface area contributed by atoms with Gasteiger partial charge in [0.05, 0.1) is 18.7 Å². The van der Waals surface area contributed by atoms with E-state index in [0.717, 1.165) is 53.9 Å². The Labute approximate surface area is 169 Å². The van der Waals surface area contributed by atoms with Crippen molar-refractivity contribution in [2.75, 3.05) is 38.9 Å². The van der Waals surface area contributed by atoms with E-state index in [2.05, 4.69) is 38.0 Å². The van der Waals surface area contributed by atoms with Gasteiger partial charge in [-0.3, -0.25) is 14.6 Å². The Kier molecular flexibility index (Phi) is 5.79. The maximum Gasteiger partial charge on any atom is 0.309 e. The number of anilines is 2. The molecule has 1 saturated heterocycles. The largest absolute Gasteiger partial charge is 0.469 e. The minimum absolute atomic E-state index is 0.0286. The second kappa shape index (κ2) is 8.46. The summed E-state index contributed by atoms with van der Waals surface area (Å²) in [5, 5.41) is 0.886. The van der Waals surface area contributed by atoms with Crippen LogP contribution in [0.15, 0.2) is 40.5 Å². The van der Waals surface area contributed by atoms with Crippen molar-refractivity contribution in [2.45, 2.75) is 29.3 Å². The zero-order valence-electron chi connectivity index (χ0n) is 16.1. The summed E-state index contributed by atoms with van der Waals surface area (Å²) < 4.78 is 10.4. The number of hydrogen-bond donors (Lipinski definition) is 0. The van der Waals surface area contributed by atoms with Gasteiger partial charge in [-0.15, -0.1) is 0 Å². The average molecular weight is 401 g/mol. The molecule has 0 radical (unpaired) electrons. The highest BCUT2D eigenvalue weighted by Gasteiger charge is 2.28. The summed E-state index contributed by atoms with van der Waals surface area (Å²) in [6.07, 6.45) is 5.34. The van der Waals surface area contributed by atoms with Gasteiger partial charge in [-0.1, -0.05) is 17.8 Å². The molecular formula is C20H24N4O3S. The lowest BCUT2D eigenvalue weighted by atomic mass is 9.97. The Morgan fingerprint density at radius 1 is 1.29 bits per heavy atom. The summed E-state index contributed by atoms with van der Waals surface area (Å²) >= 11 is 1.63. The standard InChI is InChI=1S/C20H24N4O3S/c1-26-13-24-16-10-14(11-23-9-3-4-15(12-23)20(25)27-2)5-6-17(16)28-19-18(24)21-7-8-22-19/h5-8,10,15H,3-4,9,11-13H2,1-2H3. The van der Waals surface area contributed by atoms with Crippen LogP contribution < -0.4 is 4.90 Å². The van der Waals surface area contributed by atoms with Crippen molar-refractivity contribution in [3.63, 3.8) is 0 Å². The quantitative estimate of drug-likeness (QED) is 0.710. The van der Waals surface area contributed by atoms with Gasteiger partial charge in [-0.25, -0.2) is 9.97 Å². The van der Waals surface area contributed by atoms with Gasteiger partial charge in [0.1, 0.15) is 11.8 Å². The van der Waals surface area contributed by atoms with Crippen molar-refractivity contribution in [1.29, 1.82) is 0 Å². The van der Waals surface area contributed by atoms with Crippen molar-refractivity contribution < 1.29 is 14.3 Å². The average Bonchev–Trinajstić information content (AvgIpc) is 2.73. The third-order valence-electron chi connectivity index (χ3n) is 5.13. The maximum atomic E-state index is 11.9. The van der Waals surface area contributed by atoms with E-state index >= 15 is 0 Å². The predicted octanol–water partition coefficient (Wildman–Crippen LogP) is 3.07. The van der Waals surface area contributed by atoms with Crippen LogP contribution in [-0.4, -0.2) is 54.9 Å². The normalized spacial score (nSPS) is 19.1. The highest BCUT2D eigenvalue weighted by molar-refractivity contribution is 7.99. The van der Waals surface area contributed by atoms with Crippen LogP contribution in [0.4, 0.5) is 11.5 Å². The minimum Gasteiger partial charge on any atom is -0.469 e. The molecule has 0 bridgehead atoms. The fraction of sp³-hybridized carbons (Fsp3) is 0.450. The lowest BCUT2D eigenvalue weighted by Crippen LogP contribution is -2.38. The molecule has 0 amide bonds. The van der Waals surface area contributed by atoms with Gasteiger partial charge in [0.2, 0.25) is 0 Å². The monoisotopic (exact) mass is 400 g/mol. The fourth-order valence-electron chi connectivity index (χ4n) is 3.83. The molecule has 7 nitrogen and oxygen atoms in total. The van der Waals surface area contributed by atoms with Crippen molar-refractivity contribution in [3.8, 4) is 0 Å². The molecular weight excluding hydrogens is 376 g/mol. The van der Waals surface area contributed by atoms with Crippen molar-refractivity contribution in [1.82, 2.24) is 14.9 Å². The van der Waals surface area contributed by atoms with Crippen LogP contribution in [0.1, 0.15) is 18.4 Å². The topological polar surface area (TPSA) is 67.8 Å². The molecule has 0 saturated carbocycles. The van der Waals surface area contributed by atoms with Gasteiger partial charge >= 0.3 is 5.97 Å². The van der Waals surface area contributed by atoms with Crippen LogP contribution >= 0.6 is 11.8 Å².